The summed E-state index contributed by atoms with van der Waals surface area (Å²) in [5, 5.41) is 2.63. The summed E-state index contributed by atoms with van der Waals surface area (Å²) >= 11 is 0. The van der Waals surface area contributed by atoms with E-state index in [1.54, 1.807) is 0 Å². The van der Waals surface area contributed by atoms with Crippen molar-refractivity contribution in [3.05, 3.63) is 131 Å². The maximum Gasteiger partial charge on any atom is 0.0688 e. The van der Waals surface area contributed by atoms with Crippen molar-refractivity contribution in [1.82, 2.24) is 0 Å². The molecule has 2 heteroatoms. The molecule has 4 aliphatic rings. The van der Waals surface area contributed by atoms with Crippen molar-refractivity contribution in [2.45, 2.75) is 121 Å². The summed E-state index contributed by atoms with van der Waals surface area (Å²) in [5.74, 6) is 1.22. The highest BCUT2D eigenvalue weighted by Crippen LogP contribution is 2.57. The second-order valence-electron chi connectivity index (χ2n) is 16.9. The van der Waals surface area contributed by atoms with Gasteiger partial charge >= 0.3 is 0 Å². The summed E-state index contributed by atoms with van der Waals surface area (Å²) in [6.07, 6.45) is 14.8. The molecular formula is C50H56O2. The van der Waals surface area contributed by atoms with Crippen LogP contribution < -0.4 is 0 Å². The molecule has 2 bridgehead atoms. The lowest BCUT2D eigenvalue weighted by atomic mass is 9.67. The van der Waals surface area contributed by atoms with Gasteiger partial charge in [0.25, 0.3) is 0 Å². The molecule has 2 nitrogen and oxygen atoms in total. The molecule has 3 saturated carbocycles. The van der Waals surface area contributed by atoms with Crippen molar-refractivity contribution in [2.75, 3.05) is 6.61 Å². The van der Waals surface area contributed by atoms with E-state index in [4.69, 9.17) is 9.47 Å². The minimum atomic E-state index is -0.268. The molecule has 9 rings (SSSR count). The normalized spacial score (nSPS) is 24.8. The smallest absolute Gasteiger partial charge is 0.0688 e. The van der Waals surface area contributed by atoms with Gasteiger partial charge in [-0.25, -0.2) is 0 Å². The summed E-state index contributed by atoms with van der Waals surface area (Å²) in [4.78, 5) is 0. The molecule has 0 aromatic heterocycles. The first-order valence-corrected chi connectivity index (χ1v) is 20.6. The maximum absolute atomic E-state index is 7.08. The van der Waals surface area contributed by atoms with E-state index in [-0.39, 0.29) is 17.4 Å². The van der Waals surface area contributed by atoms with Crippen LogP contribution in [0.1, 0.15) is 120 Å². The molecule has 0 saturated heterocycles. The van der Waals surface area contributed by atoms with Gasteiger partial charge in [0, 0.05) is 11.3 Å². The molecule has 0 radical (unpaired) electrons. The van der Waals surface area contributed by atoms with Gasteiger partial charge in [0.1, 0.15) is 0 Å². The average Bonchev–Trinajstić information content (AvgIpc) is 3.91. The van der Waals surface area contributed by atoms with Gasteiger partial charge in [-0.1, -0.05) is 129 Å². The zero-order valence-corrected chi connectivity index (χ0v) is 31.6. The van der Waals surface area contributed by atoms with Crippen molar-refractivity contribution in [3.63, 3.8) is 0 Å². The third-order valence-corrected chi connectivity index (χ3v) is 14.4. The van der Waals surface area contributed by atoms with Crippen molar-refractivity contribution >= 4 is 10.8 Å². The Balaban J connectivity index is 1.09. The van der Waals surface area contributed by atoms with Gasteiger partial charge in [-0.15, -0.1) is 0 Å². The maximum atomic E-state index is 7.08. The van der Waals surface area contributed by atoms with Crippen LogP contribution >= 0.6 is 0 Å². The fraction of sp³-hybridized carbons (Fsp3) is 0.440. The van der Waals surface area contributed by atoms with E-state index in [0.717, 1.165) is 18.9 Å². The highest BCUT2D eigenvalue weighted by molar-refractivity contribution is 6.00. The lowest BCUT2D eigenvalue weighted by Crippen LogP contribution is -2.42. The monoisotopic (exact) mass is 688 g/mol. The van der Waals surface area contributed by atoms with Crippen LogP contribution in [-0.2, 0) is 14.9 Å². The van der Waals surface area contributed by atoms with Crippen LogP contribution in [-0.4, -0.2) is 24.9 Å². The zero-order valence-electron chi connectivity index (χ0n) is 31.6. The molecule has 268 valence electrons. The first-order valence-electron chi connectivity index (χ1n) is 20.6. The molecule has 0 amide bonds. The van der Waals surface area contributed by atoms with Gasteiger partial charge in [-0.2, -0.15) is 0 Å². The van der Waals surface area contributed by atoms with Crippen molar-refractivity contribution in [1.29, 1.82) is 0 Å². The van der Waals surface area contributed by atoms with Gasteiger partial charge < -0.3 is 9.47 Å². The summed E-state index contributed by atoms with van der Waals surface area (Å²) in [5.41, 5.74) is 11.0. The Morgan fingerprint density at radius 1 is 0.692 bits per heavy atom. The van der Waals surface area contributed by atoms with Gasteiger partial charge in [0.2, 0.25) is 0 Å². The van der Waals surface area contributed by atoms with E-state index in [1.165, 1.54) is 119 Å². The zero-order chi connectivity index (χ0) is 35.3. The van der Waals surface area contributed by atoms with E-state index >= 15 is 0 Å². The fourth-order valence-electron chi connectivity index (χ4n) is 11.5. The molecule has 52 heavy (non-hydrogen) atoms. The van der Waals surface area contributed by atoms with Gasteiger partial charge in [-0.3, -0.25) is 0 Å². The van der Waals surface area contributed by atoms with Gasteiger partial charge in [0.05, 0.1) is 24.9 Å². The number of rotatable bonds is 11. The molecule has 5 aromatic carbocycles. The molecule has 0 N–H and O–H groups in total. The van der Waals surface area contributed by atoms with Crippen LogP contribution in [0.5, 0.6) is 0 Å². The molecular weight excluding hydrogens is 633 g/mol. The minimum absolute atomic E-state index is 0.0407. The third-order valence-electron chi connectivity index (χ3n) is 14.4. The molecule has 0 spiro atoms. The molecule has 3 fully saturated rings. The van der Waals surface area contributed by atoms with Crippen molar-refractivity contribution in [3.8, 4) is 22.3 Å². The Labute approximate surface area is 312 Å². The van der Waals surface area contributed by atoms with Crippen LogP contribution in [0.25, 0.3) is 33.0 Å². The van der Waals surface area contributed by atoms with Crippen LogP contribution in [0.4, 0.5) is 0 Å². The largest absolute Gasteiger partial charge is 0.377 e. The lowest BCUT2D eigenvalue weighted by molar-refractivity contribution is -0.0509. The average molecular weight is 689 g/mol. The Morgan fingerprint density at radius 2 is 1.40 bits per heavy atom. The number of benzene rings is 5. The first kappa shape index (κ1) is 34.1. The molecule has 0 heterocycles. The summed E-state index contributed by atoms with van der Waals surface area (Å²) in [7, 11) is 0. The molecule has 0 aliphatic heterocycles. The van der Waals surface area contributed by atoms with Crippen LogP contribution in [0, 0.1) is 11.3 Å². The Hall–Kier alpha value is -3.72. The van der Waals surface area contributed by atoms with Crippen LogP contribution in [0.2, 0.25) is 0 Å². The van der Waals surface area contributed by atoms with Crippen molar-refractivity contribution in [2.24, 2.45) is 11.3 Å². The first-order chi connectivity index (χ1) is 25.5. The van der Waals surface area contributed by atoms with Gasteiger partial charge in [0.15, 0.2) is 0 Å². The van der Waals surface area contributed by atoms with E-state index in [9.17, 15) is 0 Å². The summed E-state index contributed by atoms with van der Waals surface area (Å²) < 4.78 is 13.9. The Morgan fingerprint density at radius 3 is 2.15 bits per heavy atom. The second kappa shape index (κ2) is 13.9. The number of fused-ring (bicyclic) bond motifs is 6. The quantitative estimate of drug-likeness (QED) is 0.137. The SMILES string of the molecule is CCC(c1ccccc1)(c1ccc(-c2ccc3c(c2)-c2ccccc2C3COC(C)C23CCC(CC2)C3)c2ccccc12)C(C)OC1CCCCC1. The molecule has 4 aliphatic carbocycles. The predicted molar refractivity (Wildman–Crippen MR) is 216 cm³/mol. The van der Waals surface area contributed by atoms with E-state index in [2.05, 4.69) is 130 Å². The molecule has 4 atom stereocenters. The standard InChI is InChI=1S/C50H56O2/c1-4-50(38-15-7-5-8-16-38,35(3)52-39-17-9-6-10-18-39)48-26-25-40(41-19-13-14-22-45(41)48)37-23-24-44-46(31-37)42-20-11-12-21-43(42)47(44)33-51-34(2)49-29-27-36(32-49)28-30-49/h5,7-8,11-16,19-26,31,34-36,39,47H,4,6,9-10,17-18,27-30,32-33H2,1-3H3. The highest BCUT2D eigenvalue weighted by Gasteiger charge is 2.49. The fourth-order valence-corrected chi connectivity index (χ4v) is 11.5. The topological polar surface area (TPSA) is 18.5 Å². The van der Waals surface area contributed by atoms with Crippen LogP contribution in [0.15, 0.2) is 109 Å². The molecule has 4 unspecified atom stereocenters. The van der Waals surface area contributed by atoms with Crippen molar-refractivity contribution < 1.29 is 9.47 Å². The van der Waals surface area contributed by atoms with Crippen LogP contribution in [0.3, 0.4) is 0 Å². The van der Waals surface area contributed by atoms with Gasteiger partial charge in [-0.05, 0) is 138 Å². The number of ether oxygens (including phenoxy) is 2. The molecule has 5 aromatic rings. The predicted octanol–water partition coefficient (Wildman–Crippen LogP) is 13.0. The number of hydrogen-bond donors (Lipinski definition) is 0. The minimum Gasteiger partial charge on any atom is -0.377 e. The van der Waals surface area contributed by atoms with E-state index < -0.39 is 0 Å². The third kappa shape index (κ3) is 5.68. The summed E-state index contributed by atoms with van der Waals surface area (Å²) in [6.45, 7) is 7.81. The lowest BCUT2D eigenvalue weighted by Gasteiger charge is -2.42. The number of hydrogen-bond acceptors (Lipinski definition) is 2. The Kier molecular flexibility index (Phi) is 9.12. The van der Waals surface area contributed by atoms with E-state index in [0.29, 0.717) is 17.6 Å². The van der Waals surface area contributed by atoms with E-state index in [1.807, 2.05) is 0 Å². The Bertz CT molecular complexity index is 2030. The second-order valence-corrected chi connectivity index (χ2v) is 16.9. The summed E-state index contributed by atoms with van der Waals surface area (Å²) in [6, 6.07) is 41.4. The highest BCUT2D eigenvalue weighted by atomic mass is 16.5.